The number of anilines is 1. The van der Waals surface area contributed by atoms with Gasteiger partial charge in [0.25, 0.3) is 5.91 Å². The van der Waals surface area contributed by atoms with Crippen LogP contribution in [0.15, 0.2) is 18.2 Å². The predicted octanol–water partition coefficient (Wildman–Crippen LogP) is 2.20. The van der Waals surface area contributed by atoms with Crippen LogP contribution in [0.3, 0.4) is 0 Å². The number of hydrogen-bond acceptors (Lipinski definition) is 3. The van der Waals surface area contributed by atoms with Gasteiger partial charge in [0.2, 0.25) is 0 Å². The van der Waals surface area contributed by atoms with Gasteiger partial charge < -0.3 is 16.2 Å². The highest BCUT2D eigenvalue weighted by molar-refractivity contribution is 6.31. The van der Waals surface area contributed by atoms with Crippen LogP contribution in [0.2, 0.25) is 5.02 Å². The van der Waals surface area contributed by atoms with E-state index in [-0.39, 0.29) is 24.5 Å². The smallest absolute Gasteiger partial charge is 0.251 e. The summed E-state index contributed by atoms with van der Waals surface area (Å²) >= 11 is 5.89. The van der Waals surface area contributed by atoms with Crippen LogP contribution in [0.1, 0.15) is 36.0 Å². The fourth-order valence-corrected chi connectivity index (χ4v) is 2.85. The van der Waals surface area contributed by atoms with Crippen molar-refractivity contribution in [2.24, 2.45) is 5.92 Å². The first kappa shape index (κ1) is 14.2. The number of carbonyl (C=O) groups is 1. The van der Waals surface area contributed by atoms with E-state index in [0.29, 0.717) is 16.3 Å². The lowest BCUT2D eigenvalue weighted by molar-refractivity contribution is 0.0872. The minimum absolute atomic E-state index is 0.0338. The Kier molecular flexibility index (Phi) is 4.66. The van der Waals surface area contributed by atoms with Crippen molar-refractivity contribution in [1.82, 2.24) is 5.32 Å². The second kappa shape index (κ2) is 6.26. The third kappa shape index (κ3) is 3.61. The zero-order valence-electron chi connectivity index (χ0n) is 10.7. The third-order valence-electron chi connectivity index (χ3n) is 3.64. The van der Waals surface area contributed by atoms with Gasteiger partial charge in [-0.3, -0.25) is 4.79 Å². The maximum atomic E-state index is 12.2. The van der Waals surface area contributed by atoms with Crippen LogP contribution in [0, 0.1) is 5.92 Å². The van der Waals surface area contributed by atoms with Crippen molar-refractivity contribution in [3.05, 3.63) is 28.8 Å². The number of benzene rings is 1. The molecule has 0 radical (unpaired) electrons. The minimum atomic E-state index is -0.181. The Labute approximate surface area is 117 Å². The molecule has 0 heterocycles. The number of aliphatic hydroxyl groups excluding tert-OH is 1. The lowest BCUT2D eigenvalue weighted by Gasteiger charge is -2.30. The molecule has 0 saturated heterocycles. The van der Waals surface area contributed by atoms with E-state index in [2.05, 4.69) is 5.32 Å². The topological polar surface area (TPSA) is 75.4 Å². The van der Waals surface area contributed by atoms with E-state index in [4.69, 9.17) is 17.3 Å². The van der Waals surface area contributed by atoms with Gasteiger partial charge in [-0.25, -0.2) is 0 Å². The first-order valence-corrected chi connectivity index (χ1v) is 6.95. The molecule has 19 heavy (non-hydrogen) atoms. The zero-order valence-corrected chi connectivity index (χ0v) is 11.5. The number of nitrogen functional groups attached to an aromatic ring is 1. The summed E-state index contributed by atoms with van der Waals surface area (Å²) in [5.74, 6) is -0.0335. The molecule has 5 heteroatoms. The van der Waals surface area contributed by atoms with Crippen molar-refractivity contribution in [1.29, 1.82) is 0 Å². The highest BCUT2D eigenvalue weighted by Gasteiger charge is 2.26. The Morgan fingerprint density at radius 3 is 2.79 bits per heavy atom. The van der Waals surface area contributed by atoms with Crippen molar-refractivity contribution in [2.75, 3.05) is 12.3 Å². The van der Waals surface area contributed by atoms with Gasteiger partial charge in [0.1, 0.15) is 0 Å². The number of hydrogen-bond donors (Lipinski definition) is 3. The molecular formula is C14H19ClN2O2. The molecule has 104 valence electrons. The van der Waals surface area contributed by atoms with Crippen LogP contribution >= 0.6 is 11.6 Å². The molecule has 1 aliphatic rings. The maximum absolute atomic E-state index is 12.2. The SMILES string of the molecule is Nc1cc(Cl)cc(C(=O)NC2CCCCC2CO)c1. The lowest BCUT2D eigenvalue weighted by atomic mass is 9.85. The normalized spacial score (nSPS) is 23.1. The Bertz CT molecular complexity index is 445. The van der Waals surface area contributed by atoms with E-state index in [9.17, 15) is 9.90 Å². The van der Waals surface area contributed by atoms with E-state index < -0.39 is 0 Å². The van der Waals surface area contributed by atoms with Gasteiger partial charge in [-0.15, -0.1) is 0 Å². The van der Waals surface area contributed by atoms with Crippen LogP contribution in [0.25, 0.3) is 0 Å². The van der Waals surface area contributed by atoms with Crippen molar-refractivity contribution in [3.63, 3.8) is 0 Å². The summed E-state index contributed by atoms with van der Waals surface area (Å²) in [6.45, 7) is 0.114. The molecule has 1 fully saturated rings. The molecule has 1 aromatic rings. The van der Waals surface area contributed by atoms with Crippen molar-refractivity contribution < 1.29 is 9.90 Å². The summed E-state index contributed by atoms with van der Waals surface area (Å²) in [7, 11) is 0. The molecule has 0 aliphatic heterocycles. The second-order valence-electron chi connectivity index (χ2n) is 5.08. The van der Waals surface area contributed by atoms with Gasteiger partial charge in [0.15, 0.2) is 0 Å². The van der Waals surface area contributed by atoms with Gasteiger partial charge in [0, 0.05) is 34.8 Å². The molecule has 1 amide bonds. The van der Waals surface area contributed by atoms with E-state index in [0.717, 1.165) is 25.7 Å². The highest BCUT2D eigenvalue weighted by Crippen LogP contribution is 2.24. The Morgan fingerprint density at radius 2 is 2.11 bits per heavy atom. The molecule has 0 bridgehead atoms. The van der Waals surface area contributed by atoms with E-state index in [1.165, 1.54) is 0 Å². The van der Waals surface area contributed by atoms with Crippen LogP contribution in [0.5, 0.6) is 0 Å². The number of halogens is 1. The second-order valence-corrected chi connectivity index (χ2v) is 5.52. The van der Waals surface area contributed by atoms with E-state index in [1.54, 1.807) is 18.2 Å². The van der Waals surface area contributed by atoms with Crippen molar-refractivity contribution >= 4 is 23.2 Å². The Hall–Kier alpha value is -1.26. The minimum Gasteiger partial charge on any atom is -0.399 e. The molecule has 2 unspecified atom stereocenters. The van der Waals surface area contributed by atoms with Crippen molar-refractivity contribution in [3.8, 4) is 0 Å². The lowest BCUT2D eigenvalue weighted by Crippen LogP contribution is -2.43. The highest BCUT2D eigenvalue weighted by atomic mass is 35.5. The Balaban J connectivity index is 2.07. The molecule has 1 aromatic carbocycles. The summed E-state index contributed by atoms with van der Waals surface area (Å²) < 4.78 is 0. The van der Waals surface area contributed by atoms with Crippen LogP contribution in [-0.4, -0.2) is 23.7 Å². The average molecular weight is 283 g/mol. The standard InChI is InChI=1S/C14H19ClN2O2/c15-11-5-10(6-12(16)7-11)14(19)17-13-4-2-1-3-9(13)8-18/h5-7,9,13,18H,1-4,8,16H2,(H,17,19). The molecule has 0 aromatic heterocycles. The Morgan fingerprint density at radius 1 is 1.37 bits per heavy atom. The number of rotatable bonds is 3. The fourth-order valence-electron chi connectivity index (χ4n) is 2.61. The van der Waals surface area contributed by atoms with Gasteiger partial charge in [0.05, 0.1) is 0 Å². The molecule has 1 saturated carbocycles. The molecule has 4 N–H and O–H groups in total. The number of nitrogens with two attached hydrogens (primary N) is 1. The van der Waals surface area contributed by atoms with Crippen LogP contribution in [0.4, 0.5) is 5.69 Å². The van der Waals surface area contributed by atoms with Crippen LogP contribution in [-0.2, 0) is 0 Å². The monoisotopic (exact) mass is 282 g/mol. The fraction of sp³-hybridized carbons (Fsp3) is 0.500. The van der Waals surface area contributed by atoms with Crippen molar-refractivity contribution in [2.45, 2.75) is 31.7 Å². The molecule has 2 atom stereocenters. The summed E-state index contributed by atoms with van der Waals surface area (Å²) in [5.41, 5.74) is 6.62. The summed E-state index contributed by atoms with van der Waals surface area (Å²) in [6.07, 6.45) is 4.06. The zero-order chi connectivity index (χ0) is 13.8. The first-order chi connectivity index (χ1) is 9.10. The first-order valence-electron chi connectivity index (χ1n) is 6.58. The quantitative estimate of drug-likeness (QED) is 0.744. The molecular weight excluding hydrogens is 264 g/mol. The number of carbonyl (C=O) groups excluding carboxylic acids is 1. The average Bonchev–Trinajstić information content (AvgIpc) is 2.38. The molecule has 0 spiro atoms. The van der Waals surface area contributed by atoms with E-state index >= 15 is 0 Å². The van der Waals surface area contributed by atoms with Gasteiger partial charge in [-0.1, -0.05) is 24.4 Å². The van der Waals surface area contributed by atoms with Crippen LogP contribution < -0.4 is 11.1 Å². The maximum Gasteiger partial charge on any atom is 0.251 e. The molecule has 2 rings (SSSR count). The summed E-state index contributed by atoms with van der Waals surface area (Å²) in [5, 5.41) is 12.8. The number of nitrogens with one attached hydrogen (secondary N) is 1. The van der Waals surface area contributed by atoms with Gasteiger partial charge in [-0.05, 0) is 31.0 Å². The molecule has 4 nitrogen and oxygen atoms in total. The molecule has 1 aliphatic carbocycles. The third-order valence-corrected chi connectivity index (χ3v) is 3.86. The van der Waals surface area contributed by atoms with Gasteiger partial charge in [-0.2, -0.15) is 0 Å². The van der Waals surface area contributed by atoms with Gasteiger partial charge >= 0.3 is 0 Å². The summed E-state index contributed by atoms with van der Waals surface area (Å²) in [4.78, 5) is 12.2. The summed E-state index contributed by atoms with van der Waals surface area (Å²) in [6, 6.07) is 4.85. The predicted molar refractivity (Wildman–Crippen MR) is 76.2 cm³/mol. The largest absolute Gasteiger partial charge is 0.399 e. The number of aliphatic hydroxyl groups is 1. The van der Waals surface area contributed by atoms with E-state index in [1.807, 2.05) is 0 Å². The number of amides is 1.